The van der Waals surface area contributed by atoms with Crippen molar-refractivity contribution in [3.8, 4) is 5.75 Å². The summed E-state index contributed by atoms with van der Waals surface area (Å²) in [4.78, 5) is 0. The Labute approximate surface area is 107 Å². The van der Waals surface area contributed by atoms with Crippen LogP contribution in [0, 0.1) is 0 Å². The lowest BCUT2D eigenvalue weighted by Crippen LogP contribution is -2.26. The van der Waals surface area contributed by atoms with Crippen molar-refractivity contribution in [2.45, 2.75) is 32.3 Å². The molecule has 4 heteroatoms. The fourth-order valence-corrected chi connectivity index (χ4v) is 2.10. The summed E-state index contributed by atoms with van der Waals surface area (Å²) in [5.74, 6) is 0.791. The first-order valence-electron chi connectivity index (χ1n) is 6.40. The smallest absolute Gasteiger partial charge is 0.128 e. The monoisotopic (exact) mass is 249 g/mol. The van der Waals surface area contributed by atoms with Crippen molar-refractivity contribution < 1.29 is 14.7 Å². The fourth-order valence-electron chi connectivity index (χ4n) is 2.10. The highest BCUT2D eigenvalue weighted by atomic mass is 16.5. The minimum absolute atomic E-state index is 0.191. The van der Waals surface area contributed by atoms with Crippen LogP contribution in [0.3, 0.4) is 0 Å². The van der Waals surface area contributed by atoms with Crippen LogP contribution in [-0.4, -0.2) is 30.2 Å². The number of nitrogens with zero attached hydrogens (tertiary/aromatic N) is 1. The maximum absolute atomic E-state index is 9.02. The summed E-state index contributed by atoms with van der Waals surface area (Å²) in [6.45, 7) is 3.46. The largest absolute Gasteiger partial charge is 0.490 e. The number of oxime groups is 1. The van der Waals surface area contributed by atoms with Gasteiger partial charge in [0.2, 0.25) is 0 Å². The van der Waals surface area contributed by atoms with Crippen LogP contribution in [0.4, 0.5) is 0 Å². The summed E-state index contributed by atoms with van der Waals surface area (Å²) in [6.07, 6.45) is 2.68. The number of hydrogen-bond donors (Lipinski definition) is 1. The quantitative estimate of drug-likeness (QED) is 0.507. The second kappa shape index (κ2) is 6.40. The molecule has 18 heavy (non-hydrogen) atoms. The van der Waals surface area contributed by atoms with E-state index in [9.17, 15) is 0 Å². The maximum atomic E-state index is 9.02. The second-order valence-corrected chi connectivity index (χ2v) is 4.33. The summed E-state index contributed by atoms with van der Waals surface area (Å²) >= 11 is 0. The summed E-state index contributed by atoms with van der Waals surface area (Å²) < 4.78 is 11.3. The van der Waals surface area contributed by atoms with Gasteiger partial charge in [-0.15, -0.1) is 0 Å². The summed E-state index contributed by atoms with van der Waals surface area (Å²) in [7, 11) is 0. The Morgan fingerprint density at radius 3 is 2.78 bits per heavy atom. The average Bonchev–Trinajstić information content (AvgIpc) is 2.43. The molecule has 1 N–H and O–H groups in total. The van der Waals surface area contributed by atoms with E-state index in [2.05, 4.69) is 5.16 Å². The molecule has 4 nitrogen and oxygen atoms in total. The zero-order chi connectivity index (χ0) is 12.8. The van der Waals surface area contributed by atoms with Crippen LogP contribution in [0.5, 0.6) is 5.75 Å². The standard InChI is InChI=1S/C14H19NO3/c1-2-13(15-16)12-5-3-4-6-14(12)18-11-7-9-17-10-8-11/h3-6,11,16H,2,7-10H2,1H3. The molecule has 0 aromatic heterocycles. The molecule has 0 unspecified atom stereocenters. The summed E-state index contributed by atoms with van der Waals surface area (Å²) in [5.41, 5.74) is 1.52. The highest BCUT2D eigenvalue weighted by Crippen LogP contribution is 2.24. The molecule has 1 fully saturated rings. The van der Waals surface area contributed by atoms with Crippen LogP contribution >= 0.6 is 0 Å². The van der Waals surface area contributed by atoms with Gasteiger partial charge in [-0.1, -0.05) is 24.2 Å². The van der Waals surface area contributed by atoms with E-state index in [0.29, 0.717) is 12.1 Å². The van der Waals surface area contributed by atoms with Crippen molar-refractivity contribution in [1.82, 2.24) is 0 Å². The third kappa shape index (κ3) is 3.01. The first kappa shape index (κ1) is 12.9. The molecule has 0 saturated carbocycles. The van der Waals surface area contributed by atoms with Crippen LogP contribution in [0.15, 0.2) is 29.4 Å². The molecule has 1 aromatic rings. The van der Waals surface area contributed by atoms with Gasteiger partial charge in [0.15, 0.2) is 0 Å². The van der Waals surface area contributed by atoms with Gasteiger partial charge in [0, 0.05) is 18.4 Å². The minimum Gasteiger partial charge on any atom is -0.490 e. The van der Waals surface area contributed by atoms with Crippen molar-refractivity contribution in [1.29, 1.82) is 0 Å². The lowest BCUT2D eigenvalue weighted by atomic mass is 10.1. The van der Waals surface area contributed by atoms with E-state index < -0.39 is 0 Å². The lowest BCUT2D eigenvalue weighted by molar-refractivity contribution is 0.0255. The van der Waals surface area contributed by atoms with Gasteiger partial charge in [0.1, 0.15) is 11.9 Å². The highest BCUT2D eigenvalue weighted by molar-refractivity contribution is 6.02. The first-order valence-corrected chi connectivity index (χ1v) is 6.40. The van der Waals surface area contributed by atoms with Crippen LogP contribution in [0.1, 0.15) is 31.7 Å². The maximum Gasteiger partial charge on any atom is 0.128 e. The Kier molecular flexibility index (Phi) is 4.59. The number of para-hydroxylation sites is 1. The predicted octanol–water partition coefficient (Wildman–Crippen LogP) is 2.83. The number of benzene rings is 1. The predicted molar refractivity (Wildman–Crippen MR) is 69.5 cm³/mol. The highest BCUT2D eigenvalue weighted by Gasteiger charge is 2.17. The Bertz CT molecular complexity index is 411. The Balaban J connectivity index is 2.16. The van der Waals surface area contributed by atoms with E-state index in [1.54, 1.807) is 0 Å². The van der Waals surface area contributed by atoms with E-state index >= 15 is 0 Å². The van der Waals surface area contributed by atoms with Gasteiger partial charge in [0.05, 0.1) is 18.9 Å². The van der Waals surface area contributed by atoms with Crippen molar-refractivity contribution in [3.63, 3.8) is 0 Å². The molecule has 1 aliphatic heterocycles. The molecule has 1 saturated heterocycles. The molecule has 0 bridgehead atoms. The molecular weight excluding hydrogens is 230 g/mol. The minimum atomic E-state index is 0.191. The lowest BCUT2D eigenvalue weighted by Gasteiger charge is -2.24. The van der Waals surface area contributed by atoms with Crippen LogP contribution in [-0.2, 0) is 4.74 Å². The first-order chi connectivity index (χ1) is 8.85. The molecule has 1 aliphatic rings. The van der Waals surface area contributed by atoms with E-state index in [0.717, 1.165) is 37.4 Å². The van der Waals surface area contributed by atoms with Gasteiger partial charge < -0.3 is 14.7 Å². The number of ether oxygens (including phenoxy) is 2. The van der Waals surface area contributed by atoms with Gasteiger partial charge in [-0.05, 0) is 18.6 Å². The van der Waals surface area contributed by atoms with E-state index in [4.69, 9.17) is 14.7 Å². The van der Waals surface area contributed by atoms with Crippen molar-refractivity contribution in [2.75, 3.05) is 13.2 Å². The van der Waals surface area contributed by atoms with Gasteiger partial charge in [-0.25, -0.2) is 0 Å². The fraction of sp³-hybridized carbons (Fsp3) is 0.500. The molecule has 0 spiro atoms. The Morgan fingerprint density at radius 1 is 1.39 bits per heavy atom. The summed E-state index contributed by atoms with van der Waals surface area (Å²) in [6, 6.07) is 7.70. The average molecular weight is 249 g/mol. The molecule has 1 aromatic carbocycles. The molecule has 1 heterocycles. The number of hydrogen-bond acceptors (Lipinski definition) is 4. The van der Waals surface area contributed by atoms with Gasteiger partial charge in [-0.3, -0.25) is 0 Å². The van der Waals surface area contributed by atoms with Crippen LogP contribution < -0.4 is 4.74 Å². The molecule has 0 amide bonds. The molecule has 98 valence electrons. The SMILES string of the molecule is CCC(=NO)c1ccccc1OC1CCOCC1. The molecular formula is C14H19NO3. The van der Waals surface area contributed by atoms with Crippen LogP contribution in [0.25, 0.3) is 0 Å². The third-order valence-corrected chi connectivity index (χ3v) is 3.12. The summed E-state index contributed by atoms with van der Waals surface area (Å²) in [5, 5.41) is 12.4. The van der Waals surface area contributed by atoms with Crippen molar-refractivity contribution in [2.24, 2.45) is 5.16 Å². The topological polar surface area (TPSA) is 51.1 Å². The third-order valence-electron chi connectivity index (χ3n) is 3.12. The van der Waals surface area contributed by atoms with Gasteiger partial charge in [0.25, 0.3) is 0 Å². The molecule has 2 rings (SSSR count). The zero-order valence-electron chi connectivity index (χ0n) is 10.6. The normalized spacial score (nSPS) is 17.7. The second-order valence-electron chi connectivity index (χ2n) is 4.33. The van der Waals surface area contributed by atoms with Crippen LogP contribution in [0.2, 0.25) is 0 Å². The molecule has 0 radical (unpaired) electrons. The van der Waals surface area contributed by atoms with Gasteiger partial charge >= 0.3 is 0 Å². The molecule has 0 aliphatic carbocycles. The van der Waals surface area contributed by atoms with Crippen molar-refractivity contribution in [3.05, 3.63) is 29.8 Å². The Hall–Kier alpha value is -1.55. The van der Waals surface area contributed by atoms with E-state index in [1.807, 2.05) is 31.2 Å². The zero-order valence-corrected chi connectivity index (χ0v) is 10.6. The molecule has 0 atom stereocenters. The van der Waals surface area contributed by atoms with E-state index in [1.165, 1.54) is 0 Å². The van der Waals surface area contributed by atoms with E-state index in [-0.39, 0.29) is 6.10 Å². The number of rotatable bonds is 4. The Morgan fingerprint density at radius 2 is 2.11 bits per heavy atom. The van der Waals surface area contributed by atoms with Crippen molar-refractivity contribution >= 4 is 5.71 Å². The van der Waals surface area contributed by atoms with Gasteiger partial charge in [-0.2, -0.15) is 0 Å².